The van der Waals surface area contributed by atoms with Crippen LogP contribution in [0.5, 0.6) is 0 Å². The minimum atomic E-state index is 0.0180. The summed E-state index contributed by atoms with van der Waals surface area (Å²) < 4.78 is 0. The van der Waals surface area contributed by atoms with E-state index in [1.54, 1.807) is 6.07 Å². The molecule has 0 radical (unpaired) electrons. The molecular formula is C17H16Cl3N3. The van der Waals surface area contributed by atoms with E-state index in [-0.39, 0.29) is 12.0 Å². The highest BCUT2D eigenvalue weighted by Gasteiger charge is 2.36. The van der Waals surface area contributed by atoms with Crippen LogP contribution in [0.15, 0.2) is 47.6 Å². The molecule has 0 aliphatic carbocycles. The van der Waals surface area contributed by atoms with Crippen molar-refractivity contribution in [3.63, 3.8) is 0 Å². The number of nitrogens with zero attached hydrogens (tertiary/aromatic N) is 2. The number of hydrogen-bond acceptors (Lipinski definition) is 3. The number of hydrogen-bond donors (Lipinski definition) is 1. The number of halogens is 3. The topological polar surface area (TPSA) is 41.6 Å². The molecule has 2 atom stereocenters. The zero-order chi connectivity index (χ0) is 16.6. The second kappa shape index (κ2) is 6.70. The number of benzene rings is 2. The molecule has 1 aliphatic heterocycles. The molecule has 2 unspecified atom stereocenters. The fourth-order valence-electron chi connectivity index (χ4n) is 2.87. The van der Waals surface area contributed by atoms with Crippen LogP contribution in [-0.2, 0) is 0 Å². The zero-order valence-corrected chi connectivity index (χ0v) is 14.8. The lowest BCUT2D eigenvalue weighted by Gasteiger charge is -2.27. The van der Waals surface area contributed by atoms with Crippen molar-refractivity contribution >= 4 is 46.2 Å². The lowest BCUT2D eigenvalue weighted by atomic mass is 9.91. The summed E-state index contributed by atoms with van der Waals surface area (Å²) in [5.41, 5.74) is 8.72. The quantitative estimate of drug-likeness (QED) is 0.813. The second-order valence-corrected chi connectivity index (χ2v) is 6.80. The Morgan fingerprint density at radius 2 is 1.70 bits per heavy atom. The zero-order valence-electron chi connectivity index (χ0n) is 12.5. The summed E-state index contributed by atoms with van der Waals surface area (Å²) in [6.45, 7) is 2.53. The molecule has 0 bridgehead atoms. The summed E-state index contributed by atoms with van der Waals surface area (Å²) in [5.74, 6) is 0.174. The maximum Gasteiger partial charge on any atom is 0.0854 e. The minimum absolute atomic E-state index is 0.0180. The molecule has 2 aromatic carbocycles. The molecule has 1 heterocycles. The highest BCUT2D eigenvalue weighted by atomic mass is 35.5. The first-order valence-corrected chi connectivity index (χ1v) is 8.42. The van der Waals surface area contributed by atoms with E-state index in [9.17, 15) is 0 Å². The second-order valence-electron chi connectivity index (χ2n) is 5.52. The SMILES string of the molecule is CC1C(CN)=NN(c2ccc(Cl)cc2Cl)C1c1ccc(Cl)cc1. The molecule has 2 aromatic rings. The normalized spacial score (nSPS) is 20.7. The lowest BCUT2D eigenvalue weighted by Crippen LogP contribution is -2.25. The molecule has 0 saturated heterocycles. The number of rotatable bonds is 3. The van der Waals surface area contributed by atoms with Crippen molar-refractivity contribution in [2.45, 2.75) is 13.0 Å². The molecule has 0 amide bonds. The van der Waals surface area contributed by atoms with Gasteiger partial charge >= 0.3 is 0 Å². The van der Waals surface area contributed by atoms with Gasteiger partial charge in [0, 0.05) is 22.5 Å². The van der Waals surface area contributed by atoms with Gasteiger partial charge in [-0.25, -0.2) is 0 Å². The predicted octanol–water partition coefficient (Wildman–Crippen LogP) is 5.16. The van der Waals surface area contributed by atoms with E-state index in [0.29, 0.717) is 21.6 Å². The van der Waals surface area contributed by atoms with Crippen LogP contribution >= 0.6 is 34.8 Å². The summed E-state index contributed by atoms with van der Waals surface area (Å²) in [5, 5.41) is 8.48. The van der Waals surface area contributed by atoms with Crippen molar-refractivity contribution in [2.24, 2.45) is 16.8 Å². The van der Waals surface area contributed by atoms with Gasteiger partial charge < -0.3 is 5.73 Å². The molecule has 2 N–H and O–H groups in total. The number of anilines is 1. The number of nitrogens with two attached hydrogens (primary N) is 1. The number of hydrazone groups is 1. The molecule has 6 heteroatoms. The Bertz CT molecular complexity index is 743. The predicted molar refractivity (Wildman–Crippen MR) is 98.8 cm³/mol. The van der Waals surface area contributed by atoms with E-state index < -0.39 is 0 Å². The van der Waals surface area contributed by atoms with E-state index in [1.165, 1.54) is 0 Å². The first-order valence-electron chi connectivity index (χ1n) is 7.28. The van der Waals surface area contributed by atoms with Gasteiger partial charge in [0.25, 0.3) is 0 Å². The standard InChI is InChI=1S/C17H16Cl3N3/c1-10-15(9-21)22-23(16-7-6-13(19)8-14(16)20)17(10)11-2-4-12(18)5-3-11/h2-8,10,17H,9,21H2,1H3. The summed E-state index contributed by atoms with van der Waals surface area (Å²) in [6.07, 6.45) is 0. The summed E-state index contributed by atoms with van der Waals surface area (Å²) in [4.78, 5) is 0. The van der Waals surface area contributed by atoms with Crippen molar-refractivity contribution in [3.05, 3.63) is 63.1 Å². The monoisotopic (exact) mass is 367 g/mol. The van der Waals surface area contributed by atoms with Crippen molar-refractivity contribution in [3.8, 4) is 0 Å². The molecule has 0 saturated carbocycles. The van der Waals surface area contributed by atoms with Crippen molar-refractivity contribution in [1.82, 2.24) is 0 Å². The molecule has 1 aliphatic rings. The molecule has 3 rings (SSSR count). The molecule has 0 spiro atoms. The maximum atomic E-state index is 6.38. The maximum absolute atomic E-state index is 6.38. The van der Waals surface area contributed by atoms with Gasteiger partial charge in [0.05, 0.1) is 22.5 Å². The molecule has 0 fully saturated rings. The van der Waals surface area contributed by atoms with Crippen LogP contribution in [0.25, 0.3) is 0 Å². The first-order chi connectivity index (χ1) is 11.0. The van der Waals surface area contributed by atoms with Gasteiger partial charge in [0.15, 0.2) is 0 Å². The van der Waals surface area contributed by atoms with Crippen LogP contribution in [-0.4, -0.2) is 12.3 Å². The van der Waals surface area contributed by atoms with Gasteiger partial charge in [0.1, 0.15) is 0 Å². The largest absolute Gasteiger partial charge is 0.325 e. The van der Waals surface area contributed by atoms with Crippen LogP contribution in [0, 0.1) is 5.92 Å². The Morgan fingerprint density at radius 3 is 2.30 bits per heavy atom. The van der Waals surface area contributed by atoms with Gasteiger partial charge in [0.2, 0.25) is 0 Å². The van der Waals surface area contributed by atoms with Crippen LogP contribution in [0.2, 0.25) is 15.1 Å². The van der Waals surface area contributed by atoms with E-state index in [1.807, 2.05) is 41.4 Å². The molecular weight excluding hydrogens is 353 g/mol. The lowest BCUT2D eigenvalue weighted by molar-refractivity contribution is 0.586. The van der Waals surface area contributed by atoms with E-state index in [2.05, 4.69) is 6.92 Å². The average molecular weight is 369 g/mol. The van der Waals surface area contributed by atoms with Gasteiger partial charge in [-0.3, -0.25) is 5.01 Å². The van der Waals surface area contributed by atoms with E-state index in [0.717, 1.165) is 17.0 Å². The van der Waals surface area contributed by atoms with Crippen molar-refractivity contribution in [1.29, 1.82) is 0 Å². The Balaban J connectivity index is 2.07. The van der Waals surface area contributed by atoms with Crippen molar-refractivity contribution < 1.29 is 0 Å². The smallest absolute Gasteiger partial charge is 0.0854 e. The highest BCUT2D eigenvalue weighted by molar-refractivity contribution is 6.36. The van der Waals surface area contributed by atoms with Gasteiger partial charge in [-0.05, 0) is 35.9 Å². The fraction of sp³-hybridized carbons (Fsp3) is 0.235. The third-order valence-electron chi connectivity index (χ3n) is 4.08. The van der Waals surface area contributed by atoms with Gasteiger partial charge in [-0.1, -0.05) is 53.9 Å². The summed E-state index contributed by atoms with van der Waals surface area (Å²) in [6, 6.07) is 13.2. The highest BCUT2D eigenvalue weighted by Crippen LogP contribution is 2.42. The summed E-state index contributed by atoms with van der Waals surface area (Å²) in [7, 11) is 0. The van der Waals surface area contributed by atoms with E-state index >= 15 is 0 Å². The fourth-order valence-corrected chi connectivity index (χ4v) is 3.49. The Hall–Kier alpha value is -1.26. The average Bonchev–Trinajstić information content (AvgIpc) is 2.85. The summed E-state index contributed by atoms with van der Waals surface area (Å²) >= 11 is 18.4. The van der Waals surface area contributed by atoms with Crippen LogP contribution in [0.1, 0.15) is 18.5 Å². The Kier molecular flexibility index (Phi) is 4.83. The molecule has 0 aromatic heterocycles. The van der Waals surface area contributed by atoms with Crippen LogP contribution in [0.4, 0.5) is 5.69 Å². The Labute approximate surface area is 150 Å². The third kappa shape index (κ3) is 3.20. The molecule has 120 valence electrons. The van der Waals surface area contributed by atoms with Gasteiger partial charge in [-0.15, -0.1) is 0 Å². The Morgan fingerprint density at radius 1 is 1.04 bits per heavy atom. The molecule has 3 nitrogen and oxygen atoms in total. The third-order valence-corrected chi connectivity index (χ3v) is 4.87. The van der Waals surface area contributed by atoms with Crippen LogP contribution in [0.3, 0.4) is 0 Å². The van der Waals surface area contributed by atoms with E-state index in [4.69, 9.17) is 45.6 Å². The first kappa shape index (κ1) is 16.6. The van der Waals surface area contributed by atoms with Crippen molar-refractivity contribution in [2.75, 3.05) is 11.6 Å². The molecule has 23 heavy (non-hydrogen) atoms. The van der Waals surface area contributed by atoms with Crippen LogP contribution < -0.4 is 10.7 Å². The minimum Gasteiger partial charge on any atom is -0.325 e. The van der Waals surface area contributed by atoms with Gasteiger partial charge in [-0.2, -0.15) is 5.10 Å².